The Morgan fingerprint density at radius 1 is 0.169 bits per heavy atom. The normalized spacial score (nSPS) is 11.7. The Bertz CT molecular complexity index is 1160. The van der Waals surface area contributed by atoms with Gasteiger partial charge in [-0.3, -0.25) is 0 Å². The Hall–Kier alpha value is -0.780. The van der Waals surface area contributed by atoms with Crippen LogP contribution in [0, 0.1) is 0 Å². The van der Waals surface area contributed by atoms with Gasteiger partial charge in [-0.25, -0.2) is 0 Å². The summed E-state index contributed by atoms with van der Waals surface area (Å²) >= 11 is 0. The van der Waals surface area contributed by atoms with E-state index in [1.807, 2.05) is 0 Å². The summed E-state index contributed by atoms with van der Waals surface area (Å²) in [5.74, 6) is 0. The van der Waals surface area contributed by atoms with Gasteiger partial charge < -0.3 is 0 Å². The summed E-state index contributed by atoms with van der Waals surface area (Å²) in [7, 11) is 0. The fourth-order valence-electron chi connectivity index (χ4n) is 13.1. The van der Waals surface area contributed by atoms with Gasteiger partial charge >= 0.3 is 0 Å². The predicted molar refractivity (Wildman–Crippen MR) is 355 cm³/mol. The highest BCUT2D eigenvalue weighted by atomic mass is 14.2. The van der Waals surface area contributed by atoms with Crippen molar-refractivity contribution in [1.29, 1.82) is 0 Å². The summed E-state index contributed by atoms with van der Waals surface area (Å²) in [6.45, 7) is 9.37. The molecule has 0 aliphatic carbocycles. The van der Waals surface area contributed by atoms with Gasteiger partial charge in [0.15, 0.2) is 0 Å². The lowest BCUT2D eigenvalue weighted by Crippen LogP contribution is -2.04. The van der Waals surface area contributed by atoms with Crippen molar-refractivity contribution in [2.45, 2.75) is 458 Å². The SMILES string of the molecule is CCCCCCCCCCCCCCCCCCCCCCCc1cc(CC)cc(CCCCCCCCCCCCCCCCCCCCCCC)c1CCCCCCCCCCCCCCCCCCCCCCC. The molecule has 0 saturated carbocycles. The summed E-state index contributed by atoms with van der Waals surface area (Å²) < 4.78 is 0. The van der Waals surface area contributed by atoms with E-state index in [-0.39, 0.29) is 0 Å². The van der Waals surface area contributed by atoms with E-state index in [1.165, 1.54) is 430 Å². The first-order chi connectivity index (χ1) is 38.3. The van der Waals surface area contributed by atoms with Gasteiger partial charge in [-0.2, -0.15) is 0 Å². The van der Waals surface area contributed by atoms with E-state index < -0.39 is 0 Å². The average Bonchev–Trinajstić information content (AvgIpc) is 3.44. The molecular formula is C77H148. The van der Waals surface area contributed by atoms with E-state index in [0.29, 0.717) is 0 Å². The van der Waals surface area contributed by atoms with Crippen LogP contribution in [-0.4, -0.2) is 0 Å². The number of benzene rings is 1. The quantitative estimate of drug-likeness (QED) is 0.0571. The largest absolute Gasteiger partial charge is 0.0654 e. The van der Waals surface area contributed by atoms with Crippen molar-refractivity contribution in [3.8, 4) is 0 Å². The van der Waals surface area contributed by atoms with Crippen molar-refractivity contribution >= 4 is 0 Å². The molecule has 0 radical (unpaired) electrons. The zero-order valence-corrected chi connectivity index (χ0v) is 54.5. The van der Waals surface area contributed by atoms with Crippen molar-refractivity contribution in [2.75, 3.05) is 0 Å². The highest BCUT2D eigenvalue weighted by Gasteiger charge is 2.12. The van der Waals surface area contributed by atoms with Crippen LogP contribution in [0.4, 0.5) is 0 Å². The average molecular weight is 1070 g/mol. The molecule has 456 valence electrons. The van der Waals surface area contributed by atoms with E-state index in [2.05, 4.69) is 39.8 Å². The lowest BCUT2D eigenvalue weighted by Gasteiger charge is -2.18. The first-order valence-electron chi connectivity index (χ1n) is 37.4. The molecular weight excluding hydrogens is 925 g/mol. The second-order valence-electron chi connectivity index (χ2n) is 26.2. The molecule has 1 aromatic rings. The van der Waals surface area contributed by atoms with Crippen molar-refractivity contribution in [1.82, 2.24) is 0 Å². The molecule has 0 spiro atoms. The molecule has 0 saturated heterocycles. The minimum atomic E-state index is 1.19. The third-order valence-corrected chi connectivity index (χ3v) is 18.5. The van der Waals surface area contributed by atoms with E-state index in [4.69, 9.17) is 0 Å². The predicted octanol–water partition coefficient (Wildman–Crippen LogP) is 28.5. The van der Waals surface area contributed by atoms with Crippen LogP contribution in [0.3, 0.4) is 0 Å². The van der Waals surface area contributed by atoms with E-state index >= 15 is 0 Å². The molecule has 1 aromatic carbocycles. The van der Waals surface area contributed by atoms with E-state index in [9.17, 15) is 0 Å². The summed E-state index contributed by atoms with van der Waals surface area (Å²) in [5.41, 5.74) is 6.94. The molecule has 0 nitrogen and oxygen atoms in total. The molecule has 0 heterocycles. The van der Waals surface area contributed by atoms with Gasteiger partial charge in [0.1, 0.15) is 0 Å². The van der Waals surface area contributed by atoms with Crippen LogP contribution in [0.1, 0.15) is 454 Å². The highest BCUT2D eigenvalue weighted by Crippen LogP contribution is 2.27. The second-order valence-corrected chi connectivity index (χ2v) is 26.2. The number of hydrogen-bond acceptors (Lipinski definition) is 0. The maximum absolute atomic E-state index is 2.67. The summed E-state index contributed by atoms with van der Waals surface area (Å²) in [4.78, 5) is 0. The number of hydrogen-bond donors (Lipinski definition) is 0. The lowest BCUT2D eigenvalue weighted by atomic mass is 9.87. The summed E-state index contributed by atoms with van der Waals surface area (Å²) in [6, 6.07) is 5.34. The van der Waals surface area contributed by atoms with Crippen LogP contribution in [0.15, 0.2) is 12.1 Å². The molecule has 0 fully saturated rings. The monoisotopic (exact) mass is 1070 g/mol. The molecule has 0 amide bonds. The van der Waals surface area contributed by atoms with Gasteiger partial charge in [0.25, 0.3) is 0 Å². The third kappa shape index (κ3) is 54.2. The first kappa shape index (κ1) is 74.2. The minimum Gasteiger partial charge on any atom is -0.0654 e. The Morgan fingerprint density at radius 2 is 0.312 bits per heavy atom. The fourth-order valence-corrected chi connectivity index (χ4v) is 13.1. The van der Waals surface area contributed by atoms with E-state index in [1.54, 1.807) is 22.3 Å². The molecule has 0 aromatic heterocycles. The van der Waals surface area contributed by atoms with Crippen LogP contribution in [0.25, 0.3) is 0 Å². The van der Waals surface area contributed by atoms with Crippen molar-refractivity contribution in [3.63, 3.8) is 0 Å². The Balaban J connectivity index is 2.35. The fraction of sp³-hybridized carbons (Fsp3) is 0.922. The molecule has 0 aliphatic heterocycles. The number of aryl methyl sites for hydroxylation is 3. The van der Waals surface area contributed by atoms with Gasteiger partial charge in [0.05, 0.1) is 0 Å². The van der Waals surface area contributed by atoms with Crippen molar-refractivity contribution < 1.29 is 0 Å². The zero-order valence-electron chi connectivity index (χ0n) is 54.5. The van der Waals surface area contributed by atoms with Gasteiger partial charge in [-0.1, -0.05) is 425 Å². The van der Waals surface area contributed by atoms with Crippen LogP contribution >= 0.6 is 0 Å². The van der Waals surface area contributed by atoms with Crippen molar-refractivity contribution in [2.24, 2.45) is 0 Å². The minimum absolute atomic E-state index is 1.19. The molecule has 0 heteroatoms. The molecule has 0 N–H and O–H groups in total. The molecule has 1 rings (SSSR count). The lowest BCUT2D eigenvalue weighted by molar-refractivity contribution is 0.519. The third-order valence-electron chi connectivity index (χ3n) is 18.5. The van der Waals surface area contributed by atoms with Gasteiger partial charge in [0.2, 0.25) is 0 Å². The maximum Gasteiger partial charge on any atom is -0.0273 e. The van der Waals surface area contributed by atoms with Crippen LogP contribution < -0.4 is 0 Å². The molecule has 0 unspecified atom stereocenters. The Labute approximate surface area is 489 Å². The maximum atomic E-state index is 2.67. The topological polar surface area (TPSA) is 0 Å². The first-order valence-corrected chi connectivity index (χ1v) is 37.4. The van der Waals surface area contributed by atoms with Gasteiger partial charge in [-0.15, -0.1) is 0 Å². The van der Waals surface area contributed by atoms with Gasteiger partial charge in [0, 0.05) is 0 Å². The Kier molecular flexibility index (Phi) is 62.1. The molecule has 0 bridgehead atoms. The second kappa shape index (κ2) is 64.4. The zero-order chi connectivity index (χ0) is 55.1. The van der Waals surface area contributed by atoms with E-state index in [0.717, 1.165) is 0 Å². The van der Waals surface area contributed by atoms with Gasteiger partial charge in [-0.05, 0) is 67.2 Å². The summed E-state index contributed by atoms with van der Waals surface area (Å²) in [5, 5.41) is 0. The highest BCUT2D eigenvalue weighted by molar-refractivity contribution is 5.40. The standard InChI is InChI=1S/C77H148/c1-5-9-12-15-18-21-24-27-30-33-36-39-42-45-48-51-54-57-60-63-66-69-75-72-74(8-4)73-76(70-67-64-61-58-55-52-49-46-43-40-37-34-31-28-25-22-19-16-13-10-6-2)77(75)71-68-65-62-59-56-53-50-47-44-41-38-35-32-29-26-23-20-17-14-11-7-3/h72-73H,5-71H2,1-4H3. The van der Waals surface area contributed by atoms with Crippen LogP contribution in [-0.2, 0) is 25.7 Å². The molecule has 0 aliphatic rings. The van der Waals surface area contributed by atoms with Crippen LogP contribution in [0.5, 0.6) is 0 Å². The molecule has 0 atom stereocenters. The number of unbranched alkanes of at least 4 members (excludes halogenated alkanes) is 60. The van der Waals surface area contributed by atoms with Crippen molar-refractivity contribution in [3.05, 3.63) is 34.4 Å². The molecule has 77 heavy (non-hydrogen) atoms. The van der Waals surface area contributed by atoms with Crippen LogP contribution in [0.2, 0.25) is 0 Å². The summed E-state index contributed by atoms with van der Waals surface area (Å²) in [6.07, 6.45) is 97.5. The number of rotatable bonds is 67. The smallest absolute Gasteiger partial charge is 0.0273 e. The Morgan fingerprint density at radius 3 is 0.468 bits per heavy atom.